The van der Waals surface area contributed by atoms with Gasteiger partial charge in [0.2, 0.25) is 5.78 Å². The summed E-state index contributed by atoms with van der Waals surface area (Å²) in [6.45, 7) is 1.35. The first-order valence-corrected chi connectivity index (χ1v) is 10.7. The van der Waals surface area contributed by atoms with Crippen LogP contribution in [0.5, 0.6) is 0 Å². The summed E-state index contributed by atoms with van der Waals surface area (Å²) in [6.07, 6.45) is 2.59. The third-order valence-corrected chi connectivity index (χ3v) is 6.65. The number of carbonyl (C=O) groups is 1. The van der Waals surface area contributed by atoms with Crippen LogP contribution in [-0.2, 0) is 4.74 Å². The number of aliphatic hydroxyl groups is 3. The third-order valence-electron chi connectivity index (χ3n) is 4.55. The molecule has 0 amide bonds. The topological polar surface area (TPSA) is 151 Å². The molecule has 2 unspecified atom stereocenters. The van der Waals surface area contributed by atoms with Crippen molar-refractivity contribution in [1.29, 1.82) is 0 Å². The highest BCUT2D eigenvalue weighted by Crippen LogP contribution is 2.31. The Morgan fingerprint density at radius 2 is 2.10 bits per heavy atom. The average molecular weight is 450 g/mol. The fraction of sp³-hybridized carbons (Fsp3) is 0.389. The summed E-state index contributed by atoms with van der Waals surface area (Å²) in [6, 6.07) is 0. The molecule has 1 saturated heterocycles. The lowest BCUT2D eigenvalue weighted by Crippen LogP contribution is -2.51. The van der Waals surface area contributed by atoms with Gasteiger partial charge in [0.15, 0.2) is 5.13 Å². The number of aliphatic hydroxyl groups excluding tert-OH is 3. The molecule has 1 aliphatic heterocycles. The summed E-state index contributed by atoms with van der Waals surface area (Å²) >= 11 is 2.39. The molecule has 0 aromatic carbocycles. The zero-order valence-electron chi connectivity index (χ0n) is 15.8. The van der Waals surface area contributed by atoms with Gasteiger partial charge in [0.1, 0.15) is 29.1 Å². The molecule has 3 aromatic rings. The van der Waals surface area contributed by atoms with Crippen LogP contribution in [0.1, 0.15) is 26.7 Å². The number of thiazole rings is 2. The van der Waals surface area contributed by atoms with Crippen molar-refractivity contribution in [2.75, 3.05) is 11.9 Å². The smallest absolute Gasteiger partial charge is 0.216 e. The maximum Gasteiger partial charge on any atom is 0.216 e. The number of ketones is 1. The number of anilines is 1. The Morgan fingerprint density at radius 3 is 2.83 bits per heavy atom. The summed E-state index contributed by atoms with van der Waals surface area (Å²) in [5.41, 5.74) is 1.21. The van der Waals surface area contributed by atoms with Gasteiger partial charge in [0.25, 0.3) is 0 Å². The number of hydrogen-bond donors (Lipinski definition) is 4. The zero-order chi connectivity index (χ0) is 21.3. The monoisotopic (exact) mass is 449 g/mol. The summed E-state index contributed by atoms with van der Waals surface area (Å²) in [5, 5.41) is 33.0. The molecule has 4 atom stereocenters. The molecule has 12 heteroatoms. The molecule has 1 fully saturated rings. The Morgan fingerprint density at radius 1 is 1.27 bits per heavy atom. The SMILES string of the molecule is Cc1nc(-c2cnccn2)sc1C(=O)c1cnc(N[C@@H]2C[C@@H](O)C(O)C(CO)O2)s1. The Bertz CT molecular complexity index is 1030. The van der Waals surface area contributed by atoms with Gasteiger partial charge < -0.3 is 25.4 Å². The molecule has 1 aliphatic rings. The lowest BCUT2D eigenvalue weighted by Gasteiger charge is -2.36. The lowest BCUT2D eigenvalue weighted by atomic mass is 10.0. The molecular formula is C18H19N5O5S2. The normalized spacial score (nSPS) is 24.0. The van der Waals surface area contributed by atoms with Gasteiger partial charge in [-0.05, 0) is 6.92 Å². The van der Waals surface area contributed by atoms with Crippen molar-refractivity contribution in [2.24, 2.45) is 0 Å². The summed E-state index contributed by atoms with van der Waals surface area (Å²) in [5.74, 6) is -0.195. The van der Waals surface area contributed by atoms with E-state index in [0.29, 0.717) is 31.3 Å². The Balaban J connectivity index is 1.48. The van der Waals surface area contributed by atoms with Crippen molar-refractivity contribution in [1.82, 2.24) is 19.9 Å². The van der Waals surface area contributed by atoms with Crippen LogP contribution >= 0.6 is 22.7 Å². The quantitative estimate of drug-likeness (QED) is 0.399. The highest BCUT2D eigenvalue weighted by Gasteiger charge is 2.36. The van der Waals surface area contributed by atoms with Crippen LogP contribution in [0.2, 0.25) is 0 Å². The summed E-state index contributed by atoms with van der Waals surface area (Å²) in [4.78, 5) is 30.7. The minimum atomic E-state index is -1.15. The van der Waals surface area contributed by atoms with Crippen LogP contribution < -0.4 is 5.32 Å². The van der Waals surface area contributed by atoms with E-state index < -0.39 is 31.1 Å². The van der Waals surface area contributed by atoms with Crippen LogP contribution in [-0.4, -0.2) is 72.2 Å². The fourth-order valence-electron chi connectivity index (χ4n) is 3.02. The van der Waals surface area contributed by atoms with Crippen molar-refractivity contribution in [3.8, 4) is 10.7 Å². The lowest BCUT2D eigenvalue weighted by molar-refractivity contribution is -0.172. The largest absolute Gasteiger partial charge is 0.394 e. The molecule has 30 heavy (non-hydrogen) atoms. The van der Waals surface area contributed by atoms with Crippen LogP contribution in [0.4, 0.5) is 5.13 Å². The Kier molecular flexibility index (Phi) is 6.13. The van der Waals surface area contributed by atoms with Gasteiger partial charge in [-0.15, -0.1) is 11.3 Å². The minimum Gasteiger partial charge on any atom is -0.394 e. The molecule has 4 N–H and O–H groups in total. The highest BCUT2D eigenvalue weighted by atomic mass is 32.1. The Labute approximate surface area is 179 Å². The average Bonchev–Trinajstić information content (AvgIpc) is 3.37. The first-order valence-electron chi connectivity index (χ1n) is 9.09. The van der Waals surface area contributed by atoms with Gasteiger partial charge in [0, 0.05) is 18.8 Å². The van der Waals surface area contributed by atoms with Crippen molar-refractivity contribution in [3.63, 3.8) is 0 Å². The van der Waals surface area contributed by atoms with E-state index in [0.717, 1.165) is 11.3 Å². The molecular weight excluding hydrogens is 430 g/mol. The van der Waals surface area contributed by atoms with E-state index in [9.17, 15) is 20.1 Å². The third kappa shape index (κ3) is 4.24. The van der Waals surface area contributed by atoms with Gasteiger partial charge in [-0.1, -0.05) is 11.3 Å². The van der Waals surface area contributed by atoms with Gasteiger partial charge >= 0.3 is 0 Å². The number of rotatable bonds is 6. The fourth-order valence-corrected chi connectivity index (χ4v) is 4.87. The van der Waals surface area contributed by atoms with E-state index >= 15 is 0 Å². The van der Waals surface area contributed by atoms with Crippen molar-refractivity contribution in [2.45, 2.75) is 37.9 Å². The van der Waals surface area contributed by atoms with E-state index in [4.69, 9.17) is 4.74 Å². The summed E-state index contributed by atoms with van der Waals surface area (Å²) in [7, 11) is 0. The van der Waals surface area contributed by atoms with Gasteiger partial charge in [-0.3, -0.25) is 14.8 Å². The van der Waals surface area contributed by atoms with Gasteiger partial charge in [-0.25, -0.2) is 9.97 Å². The van der Waals surface area contributed by atoms with Crippen LogP contribution in [0, 0.1) is 6.92 Å². The maximum atomic E-state index is 13.0. The predicted octanol–water partition coefficient (Wildman–Crippen LogP) is 0.837. The second kappa shape index (κ2) is 8.79. The van der Waals surface area contributed by atoms with E-state index in [1.54, 1.807) is 25.5 Å². The number of ether oxygens (including phenoxy) is 1. The number of hydrogen-bond acceptors (Lipinski definition) is 12. The zero-order valence-corrected chi connectivity index (χ0v) is 17.4. The molecule has 0 saturated carbocycles. The molecule has 4 rings (SSSR count). The number of aromatic nitrogens is 4. The standard InChI is InChI=1S/C18H19N5O5S2/c1-8-16(30-17(22-8)9-5-19-2-3-20-9)15(27)12-6-21-18(29-12)23-13-4-10(25)14(26)11(7-24)28-13/h2-3,5-6,10-11,13-14,24-26H,4,7H2,1H3,(H,21,23)/t10-,11?,13+,14?/m1/s1. The number of nitrogens with one attached hydrogen (secondary N) is 1. The first-order chi connectivity index (χ1) is 14.5. The van der Waals surface area contributed by atoms with Gasteiger partial charge in [-0.2, -0.15) is 0 Å². The summed E-state index contributed by atoms with van der Waals surface area (Å²) < 4.78 is 5.54. The number of carbonyl (C=O) groups excluding carboxylic acids is 1. The van der Waals surface area contributed by atoms with Gasteiger partial charge in [0.05, 0.1) is 40.6 Å². The molecule has 0 spiro atoms. The molecule has 4 heterocycles. The Hall–Kier alpha value is -2.35. The van der Waals surface area contributed by atoms with E-state index in [-0.39, 0.29) is 12.2 Å². The number of nitrogens with zero attached hydrogens (tertiary/aromatic N) is 4. The molecule has 158 valence electrons. The van der Waals surface area contributed by atoms with E-state index in [1.807, 2.05) is 0 Å². The van der Waals surface area contributed by atoms with Crippen molar-refractivity contribution >= 4 is 33.6 Å². The minimum absolute atomic E-state index is 0.121. The van der Waals surface area contributed by atoms with Crippen LogP contribution in [0.15, 0.2) is 24.8 Å². The number of aryl methyl sites for hydroxylation is 1. The first kappa shape index (κ1) is 20.9. The van der Waals surface area contributed by atoms with Crippen LogP contribution in [0.25, 0.3) is 10.7 Å². The van der Waals surface area contributed by atoms with E-state index in [2.05, 4.69) is 25.3 Å². The van der Waals surface area contributed by atoms with Crippen molar-refractivity contribution < 1.29 is 24.9 Å². The second-order valence-corrected chi connectivity index (χ2v) is 8.70. The second-order valence-electron chi connectivity index (χ2n) is 6.67. The predicted molar refractivity (Wildman–Crippen MR) is 109 cm³/mol. The molecule has 0 bridgehead atoms. The molecule has 0 radical (unpaired) electrons. The molecule has 0 aliphatic carbocycles. The molecule has 10 nitrogen and oxygen atoms in total. The van der Waals surface area contributed by atoms with Crippen molar-refractivity contribution in [3.05, 3.63) is 40.2 Å². The molecule has 3 aromatic heterocycles. The van der Waals surface area contributed by atoms with E-state index in [1.165, 1.54) is 17.5 Å². The highest BCUT2D eigenvalue weighted by molar-refractivity contribution is 7.20. The van der Waals surface area contributed by atoms with Crippen LogP contribution in [0.3, 0.4) is 0 Å². The maximum absolute atomic E-state index is 13.0.